The molecule has 0 atom stereocenters. The first-order valence-electron chi connectivity index (χ1n) is 4.44. The fraction of sp³-hybridized carbons (Fsp3) is 0.0769. The van der Waals surface area contributed by atoms with Crippen LogP contribution in [0.15, 0.2) is 42.2 Å². The molecule has 0 heterocycles. The van der Waals surface area contributed by atoms with Crippen molar-refractivity contribution >= 4 is 5.57 Å². The molecule has 1 aromatic carbocycles. The molecule has 0 nitrogen and oxygen atoms in total. The summed E-state index contributed by atoms with van der Waals surface area (Å²) in [5.41, 5.74) is 0.384. The molecule has 0 bridgehead atoms. The van der Waals surface area contributed by atoms with Gasteiger partial charge in [0.25, 0.3) is 0 Å². The Bertz CT molecular complexity index is 448. The van der Waals surface area contributed by atoms with E-state index in [-0.39, 0.29) is 11.1 Å². The lowest BCUT2D eigenvalue weighted by Gasteiger charge is -2.05. The van der Waals surface area contributed by atoms with Crippen molar-refractivity contribution in [3.05, 3.63) is 53.6 Å². The Balaban J connectivity index is 3.23. The van der Waals surface area contributed by atoms with Crippen molar-refractivity contribution in [2.24, 2.45) is 0 Å². The molecule has 0 aromatic heterocycles. The molecule has 0 saturated heterocycles. The van der Waals surface area contributed by atoms with Crippen molar-refractivity contribution in [1.82, 2.24) is 0 Å². The largest absolute Gasteiger partial charge is 0.206 e. The summed E-state index contributed by atoms with van der Waals surface area (Å²) in [6, 6.07) is 5.98. The Hall–Kier alpha value is -1.88. The number of benzene rings is 1. The molecule has 0 radical (unpaired) electrons. The predicted octanol–water partition coefficient (Wildman–Crippen LogP) is 3.72. The van der Waals surface area contributed by atoms with Gasteiger partial charge in [0.15, 0.2) is 0 Å². The molecule has 1 rings (SSSR count). The van der Waals surface area contributed by atoms with E-state index in [4.69, 9.17) is 6.42 Å². The Morgan fingerprint density at radius 1 is 1.40 bits per heavy atom. The van der Waals surface area contributed by atoms with Gasteiger partial charge in [0, 0.05) is 17.2 Å². The Labute approximate surface area is 87.9 Å². The van der Waals surface area contributed by atoms with E-state index in [1.165, 1.54) is 18.2 Å². The standard InChI is InChI=1S/C13H10F2/c1-3-7-12(14)10(4-2)11-8-5-6-9-13(11)15/h1,4-9H,2H3/b10-4-,12-7+. The second-order valence-electron chi connectivity index (χ2n) is 2.84. The molecule has 0 aliphatic carbocycles. The maximum atomic E-state index is 13.4. The molecule has 0 saturated carbocycles. The molecule has 0 spiro atoms. The lowest BCUT2D eigenvalue weighted by atomic mass is 10.0. The number of hydrogen-bond donors (Lipinski definition) is 0. The zero-order valence-corrected chi connectivity index (χ0v) is 8.30. The van der Waals surface area contributed by atoms with Gasteiger partial charge in [-0.15, -0.1) is 6.42 Å². The van der Waals surface area contributed by atoms with Crippen LogP contribution in [0.4, 0.5) is 8.78 Å². The maximum Gasteiger partial charge on any atom is 0.139 e. The second kappa shape index (κ2) is 5.11. The van der Waals surface area contributed by atoms with Gasteiger partial charge in [-0.3, -0.25) is 0 Å². The van der Waals surface area contributed by atoms with E-state index in [0.29, 0.717) is 0 Å². The van der Waals surface area contributed by atoms with Crippen LogP contribution in [-0.2, 0) is 0 Å². The molecule has 0 fully saturated rings. The number of hydrogen-bond acceptors (Lipinski definition) is 0. The molecule has 0 unspecified atom stereocenters. The maximum absolute atomic E-state index is 13.4. The molecular weight excluding hydrogens is 194 g/mol. The summed E-state index contributed by atoms with van der Waals surface area (Å²) in [5.74, 6) is 0.998. The first-order chi connectivity index (χ1) is 7.20. The van der Waals surface area contributed by atoms with Gasteiger partial charge >= 0.3 is 0 Å². The van der Waals surface area contributed by atoms with Crippen LogP contribution in [0, 0.1) is 18.2 Å². The van der Waals surface area contributed by atoms with Crippen LogP contribution in [0.2, 0.25) is 0 Å². The van der Waals surface area contributed by atoms with E-state index in [0.717, 1.165) is 6.08 Å². The lowest BCUT2D eigenvalue weighted by Crippen LogP contribution is -1.90. The highest BCUT2D eigenvalue weighted by molar-refractivity contribution is 5.77. The molecular formula is C13H10F2. The summed E-state index contributed by atoms with van der Waals surface area (Å²) in [6.45, 7) is 1.63. The van der Waals surface area contributed by atoms with Crippen molar-refractivity contribution in [3.63, 3.8) is 0 Å². The van der Waals surface area contributed by atoms with Crippen LogP contribution in [0.25, 0.3) is 5.57 Å². The highest BCUT2D eigenvalue weighted by Crippen LogP contribution is 2.25. The summed E-state index contributed by atoms with van der Waals surface area (Å²) in [6.07, 6.45) is 7.41. The van der Waals surface area contributed by atoms with Crippen LogP contribution < -0.4 is 0 Å². The number of rotatable bonds is 2. The molecule has 0 aliphatic heterocycles. The third kappa shape index (κ3) is 2.54. The van der Waals surface area contributed by atoms with E-state index in [9.17, 15) is 8.78 Å². The number of halogens is 2. The van der Waals surface area contributed by atoms with Crippen molar-refractivity contribution in [2.45, 2.75) is 6.92 Å². The van der Waals surface area contributed by atoms with E-state index < -0.39 is 11.6 Å². The van der Waals surface area contributed by atoms with E-state index >= 15 is 0 Å². The summed E-state index contributed by atoms with van der Waals surface area (Å²) in [5, 5.41) is 0. The van der Waals surface area contributed by atoms with Gasteiger partial charge in [0.1, 0.15) is 11.6 Å². The average molecular weight is 204 g/mol. The summed E-state index contributed by atoms with van der Waals surface area (Å²) in [4.78, 5) is 0. The van der Waals surface area contributed by atoms with Crippen molar-refractivity contribution in [3.8, 4) is 12.3 Å². The minimum absolute atomic E-state index is 0.172. The van der Waals surface area contributed by atoms with E-state index in [2.05, 4.69) is 5.92 Å². The molecule has 2 heteroatoms. The van der Waals surface area contributed by atoms with E-state index in [1.54, 1.807) is 19.1 Å². The molecule has 15 heavy (non-hydrogen) atoms. The van der Waals surface area contributed by atoms with Crippen molar-refractivity contribution < 1.29 is 8.78 Å². The van der Waals surface area contributed by atoms with Gasteiger partial charge in [0.2, 0.25) is 0 Å². The lowest BCUT2D eigenvalue weighted by molar-refractivity contribution is 0.619. The van der Waals surface area contributed by atoms with Gasteiger partial charge in [-0.25, -0.2) is 8.78 Å². The fourth-order valence-corrected chi connectivity index (χ4v) is 1.25. The topological polar surface area (TPSA) is 0 Å². The third-order valence-electron chi connectivity index (χ3n) is 1.92. The zero-order chi connectivity index (χ0) is 11.3. The summed E-state index contributed by atoms with van der Waals surface area (Å²) in [7, 11) is 0. The number of terminal acetylenes is 1. The minimum atomic E-state index is -0.606. The van der Waals surface area contributed by atoms with Crippen LogP contribution in [0.1, 0.15) is 12.5 Å². The zero-order valence-electron chi connectivity index (χ0n) is 8.30. The van der Waals surface area contributed by atoms with Gasteiger partial charge in [-0.2, -0.15) is 0 Å². The second-order valence-corrected chi connectivity index (χ2v) is 2.84. The Morgan fingerprint density at radius 2 is 2.07 bits per heavy atom. The summed E-state index contributed by atoms with van der Waals surface area (Å²) >= 11 is 0. The van der Waals surface area contributed by atoms with Crippen LogP contribution in [0.3, 0.4) is 0 Å². The van der Waals surface area contributed by atoms with E-state index in [1.807, 2.05) is 0 Å². The first-order valence-corrected chi connectivity index (χ1v) is 4.44. The van der Waals surface area contributed by atoms with Crippen LogP contribution >= 0.6 is 0 Å². The van der Waals surface area contributed by atoms with Gasteiger partial charge in [-0.1, -0.05) is 30.2 Å². The minimum Gasteiger partial charge on any atom is -0.206 e. The predicted molar refractivity (Wildman–Crippen MR) is 58.1 cm³/mol. The normalized spacial score (nSPS) is 12.4. The molecule has 76 valence electrons. The molecule has 0 amide bonds. The smallest absolute Gasteiger partial charge is 0.139 e. The fourth-order valence-electron chi connectivity index (χ4n) is 1.25. The molecule has 0 N–H and O–H groups in total. The Morgan fingerprint density at radius 3 is 2.60 bits per heavy atom. The van der Waals surface area contributed by atoms with Gasteiger partial charge in [0.05, 0.1) is 0 Å². The summed E-state index contributed by atoms with van der Waals surface area (Å²) < 4.78 is 26.8. The van der Waals surface area contributed by atoms with Crippen molar-refractivity contribution in [2.75, 3.05) is 0 Å². The third-order valence-corrected chi connectivity index (χ3v) is 1.92. The van der Waals surface area contributed by atoms with Gasteiger partial charge < -0.3 is 0 Å². The monoisotopic (exact) mass is 204 g/mol. The highest BCUT2D eigenvalue weighted by Gasteiger charge is 2.10. The van der Waals surface area contributed by atoms with Crippen molar-refractivity contribution in [1.29, 1.82) is 0 Å². The van der Waals surface area contributed by atoms with Crippen LogP contribution in [-0.4, -0.2) is 0 Å². The van der Waals surface area contributed by atoms with Gasteiger partial charge in [-0.05, 0) is 13.0 Å². The first kappa shape index (κ1) is 11.2. The Kier molecular flexibility index (Phi) is 3.82. The quantitative estimate of drug-likeness (QED) is 0.508. The molecule has 0 aliphatic rings. The van der Waals surface area contributed by atoms with Crippen LogP contribution in [0.5, 0.6) is 0 Å². The SMILES string of the molecule is C#C/C=C(F)\C(=C/C)c1ccccc1F. The number of allylic oxidation sites excluding steroid dienone is 4. The highest BCUT2D eigenvalue weighted by atomic mass is 19.1. The molecule has 1 aromatic rings. The average Bonchev–Trinajstić information content (AvgIpc) is 2.22.